The van der Waals surface area contributed by atoms with Gasteiger partial charge in [-0.15, -0.1) is 0 Å². The number of benzene rings is 2. The van der Waals surface area contributed by atoms with Crippen LogP contribution < -0.4 is 5.32 Å². The Morgan fingerprint density at radius 2 is 1.62 bits per heavy atom. The fourth-order valence-electron chi connectivity index (χ4n) is 4.10. The molecule has 2 N–H and O–H groups in total. The average Bonchev–Trinajstić information content (AvgIpc) is 3.11. The molecule has 1 atom stereocenters. The van der Waals surface area contributed by atoms with E-state index in [4.69, 9.17) is 9.84 Å². The Labute approximate surface area is 198 Å². The van der Waals surface area contributed by atoms with Crippen molar-refractivity contribution in [1.82, 2.24) is 10.2 Å². The van der Waals surface area contributed by atoms with Gasteiger partial charge in [-0.25, -0.2) is 13.2 Å². The quantitative estimate of drug-likeness (QED) is 0.525. The number of carbonyl (C=O) groups excluding carboxylic acids is 2. The van der Waals surface area contributed by atoms with Crippen LogP contribution >= 0.6 is 0 Å². The lowest BCUT2D eigenvalue weighted by Crippen LogP contribution is -2.50. The predicted molar refractivity (Wildman–Crippen MR) is 126 cm³/mol. The molecule has 9 nitrogen and oxygen atoms in total. The van der Waals surface area contributed by atoms with E-state index in [9.17, 15) is 22.8 Å². The molecular weight excluding hydrogens is 460 g/mol. The van der Waals surface area contributed by atoms with Gasteiger partial charge in [0.1, 0.15) is 29.0 Å². The van der Waals surface area contributed by atoms with Gasteiger partial charge in [0, 0.05) is 18.7 Å². The first-order chi connectivity index (χ1) is 16.1. The lowest BCUT2D eigenvalue weighted by molar-refractivity contribution is -0.145. The largest absolute Gasteiger partial charge is 0.480 e. The first-order valence-corrected chi connectivity index (χ1v) is 13.0. The normalized spacial score (nSPS) is 13.5. The van der Waals surface area contributed by atoms with E-state index in [1.54, 1.807) is 6.92 Å². The summed E-state index contributed by atoms with van der Waals surface area (Å²) in [5, 5.41) is 11.5. The Kier molecular flexibility index (Phi) is 7.93. The third-order valence-electron chi connectivity index (χ3n) is 5.73. The van der Waals surface area contributed by atoms with Crippen molar-refractivity contribution in [3.8, 4) is 11.1 Å². The van der Waals surface area contributed by atoms with Gasteiger partial charge in [0.25, 0.3) is 0 Å². The van der Waals surface area contributed by atoms with Crippen LogP contribution in [0, 0.1) is 0 Å². The summed E-state index contributed by atoms with van der Waals surface area (Å²) >= 11 is 0. The molecule has 0 saturated heterocycles. The maximum absolute atomic E-state index is 12.8. The number of hydrogen-bond donors (Lipinski definition) is 2. The van der Waals surface area contributed by atoms with Crippen LogP contribution in [0.3, 0.4) is 0 Å². The van der Waals surface area contributed by atoms with Gasteiger partial charge in [0.15, 0.2) is 0 Å². The number of ether oxygens (including phenoxy) is 1. The van der Waals surface area contributed by atoms with Crippen molar-refractivity contribution in [3.05, 3.63) is 59.7 Å². The molecule has 0 aliphatic heterocycles. The first kappa shape index (κ1) is 25.2. The molecule has 34 heavy (non-hydrogen) atoms. The highest BCUT2D eigenvalue weighted by atomic mass is 32.2. The van der Waals surface area contributed by atoms with Crippen molar-refractivity contribution in [2.24, 2.45) is 0 Å². The fraction of sp³-hybridized carbons (Fsp3) is 0.375. The second-order valence-electron chi connectivity index (χ2n) is 8.19. The number of nitrogens with one attached hydrogen (secondary N) is 1. The molecule has 0 heterocycles. The molecule has 0 bridgehead atoms. The van der Waals surface area contributed by atoms with Crippen molar-refractivity contribution in [2.75, 3.05) is 31.7 Å². The Hall–Kier alpha value is -3.40. The number of nitrogens with zero attached hydrogens (tertiary/aromatic N) is 1. The van der Waals surface area contributed by atoms with Crippen LogP contribution in [0.5, 0.6) is 0 Å². The Balaban J connectivity index is 1.72. The minimum absolute atomic E-state index is 0.0272. The topological polar surface area (TPSA) is 130 Å². The van der Waals surface area contributed by atoms with Crippen LogP contribution in [-0.4, -0.2) is 74.1 Å². The van der Waals surface area contributed by atoms with E-state index >= 15 is 0 Å². The molecule has 0 spiro atoms. The summed E-state index contributed by atoms with van der Waals surface area (Å²) in [4.78, 5) is 37.6. The first-order valence-electron chi connectivity index (χ1n) is 10.9. The van der Waals surface area contributed by atoms with Gasteiger partial charge in [0.05, 0.1) is 5.75 Å². The molecule has 0 aromatic heterocycles. The average molecular weight is 489 g/mol. The molecule has 1 unspecified atom stereocenters. The number of alkyl carbamates (subject to hydrolysis) is 1. The molecule has 2 aromatic rings. The number of hydrogen-bond acceptors (Lipinski definition) is 6. The van der Waals surface area contributed by atoms with Crippen molar-refractivity contribution in [2.45, 2.75) is 25.3 Å². The summed E-state index contributed by atoms with van der Waals surface area (Å²) in [7, 11) is -3.42. The summed E-state index contributed by atoms with van der Waals surface area (Å²) in [6, 6.07) is 14.5. The molecule has 1 aliphatic carbocycles. The highest BCUT2D eigenvalue weighted by molar-refractivity contribution is 7.90. The predicted octanol–water partition coefficient (Wildman–Crippen LogP) is 2.26. The van der Waals surface area contributed by atoms with E-state index < -0.39 is 40.4 Å². The van der Waals surface area contributed by atoms with Crippen molar-refractivity contribution in [3.63, 3.8) is 0 Å². The molecular formula is C24H28N2O7S. The minimum atomic E-state index is -3.42. The Morgan fingerprint density at radius 3 is 2.12 bits per heavy atom. The number of carboxylic acid groups (broad SMARTS) is 1. The highest BCUT2D eigenvalue weighted by Gasteiger charge is 2.31. The van der Waals surface area contributed by atoms with E-state index in [0.717, 1.165) is 33.4 Å². The van der Waals surface area contributed by atoms with Crippen LogP contribution in [0.4, 0.5) is 4.79 Å². The van der Waals surface area contributed by atoms with Gasteiger partial charge in [-0.2, -0.15) is 0 Å². The van der Waals surface area contributed by atoms with E-state index in [-0.39, 0.29) is 31.2 Å². The van der Waals surface area contributed by atoms with Gasteiger partial charge in [-0.1, -0.05) is 48.5 Å². The van der Waals surface area contributed by atoms with Crippen LogP contribution in [0.2, 0.25) is 0 Å². The summed E-state index contributed by atoms with van der Waals surface area (Å²) < 4.78 is 28.7. The van der Waals surface area contributed by atoms with Gasteiger partial charge in [-0.3, -0.25) is 9.59 Å². The fourth-order valence-corrected chi connectivity index (χ4v) is 4.76. The highest BCUT2D eigenvalue weighted by Crippen LogP contribution is 2.44. The van der Waals surface area contributed by atoms with Crippen LogP contribution in [0.15, 0.2) is 48.5 Å². The molecule has 0 radical (unpaired) electrons. The number of amides is 2. The number of carbonyl (C=O) groups is 3. The van der Waals surface area contributed by atoms with Gasteiger partial charge >= 0.3 is 12.1 Å². The van der Waals surface area contributed by atoms with Crippen LogP contribution in [0.25, 0.3) is 11.1 Å². The molecule has 2 amide bonds. The van der Waals surface area contributed by atoms with E-state index in [1.165, 1.54) is 0 Å². The maximum Gasteiger partial charge on any atom is 0.407 e. The lowest BCUT2D eigenvalue weighted by Gasteiger charge is -2.25. The molecule has 10 heteroatoms. The van der Waals surface area contributed by atoms with Crippen molar-refractivity contribution < 1.29 is 32.6 Å². The molecule has 0 saturated carbocycles. The SMILES string of the molecule is CCN(CC(=O)O)C(=O)C(CCS(C)(=O)=O)NC(=O)OCC1c2ccccc2-c2ccccc21. The van der Waals surface area contributed by atoms with E-state index in [1.807, 2.05) is 48.5 Å². The molecule has 182 valence electrons. The number of carboxylic acids is 1. The van der Waals surface area contributed by atoms with Crippen LogP contribution in [0.1, 0.15) is 30.4 Å². The number of likely N-dealkylation sites (N-methyl/N-ethyl adjacent to an activating group) is 1. The number of sulfone groups is 1. The van der Waals surface area contributed by atoms with Gasteiger partial charge in [-0.05, 0) is 35.6 Å². The maximum atomic E-state index is 12.8. The van der Waals surface area contributed by atoms with E-state index in [2.05, 4.69) is 5.32 Å². The third-order valence-corrected chi connectivity index (χ3v) is 6.71. The second-order valence-corrected chi connectivity index (χ2v) is 10.4. The number of aliphatic carboxylic acids is 1. The van der Waals surface area contributed by atoms with Gasteiger partial charge < -0.3 is 20.1 Å². The zero-order valence-electron chi connectivity index (χ0n) is 19.1. The standard InChI is InChI=1S/C24H28N2O7S/c1-3-26(14-22(27)28)23(29)21(12-13-34(2,31)32)25-24(30)33-15-20-18-10-6-4-8-16(18)17-9-5-7-11-19(17)20/h4-11,20-21H,3,12-15H2,1-2H3,(H,25,30)(H,27,28). The summed E-state index contributed by atoms with van der Waals surface area (Å²) in [6.45, 7) is 1.16. The van der Waals surface area contributed by atoms with Crippen LogP contribution in [-0.2, 0) is 24.2 Å². The van der Waals surface area contributed by atoms with E-state index in [0.29, 0.717) is 0 Å². The monoisotopic (exact) mass is 488 g/mol. The molecule has 0 fully saturated rings. The zero-order chi connectivity index (χ0) is 24.9. The van der Waals surface area contributed by atoms with Crippen molar-refractivity contribution >= 4 is 27.8 Å². The minimum Gasteiger partial charge on any atom is -0.480 e. The lowest BCUT2D eigenvalue weighted by atomic mass is 9.98. The van der Waals surface area contributed by atoms with Crippen molar-refractivity contribution in [1.29, 1.82) is 0 Å². The van der Waals surface area contributed by atoms with Gasteiger partial charge in [0.2, 0.25) is 5.91 Å². The third kappa shape index (κ3) is 6.13. The molecule has 1 aliphatic rings. The summed E-state index contributed by atoms with van der Waals surface area (Å²) in [5.74, 6) is -2.42. The summed E-state index contributed by atoms with van der Waals surface area (Å²) in [6.07, 6.45) is -0.0469. The molecule has 3 rings (SSSR count). The number of fused-ring (bicyclic) bond motifs is 3. The summed E-state index contributed by atoms with van der Waals surface area (Å²) in [5.41, 5.74) is 4.20. The Morgan fingerprint density at radius 1 is 1.06 bits per heavy atom. The smallest absolute Gasteiger partial charge is 0.407 e. The Bertz CT molecular complexity index is 1130. The zero-order valence-corrected chi connectivity index (χ0v) is 19.9. The number of rotatable bonds is 10. The molecule has 2 aromatic carbocycles. The second kappa shape index (κ2) is 10.7.